The third-order valence-corrected chi connectivity index (χ3v) is 23.9. The van der Waals surface area contributed by atoms with E-state index in [4.69, 9.17) is 92.6 Å². The van der Waals surface area contributed by atoms with Crippen LogP contribution in [0, 0.1) is 24.2 Å². The van der Waals surface area contributed by atoms with Crippen LogP contribution in [-0.2, 0) is 120 Å². The number of aliphatic hydroxyl groups excluding tert-OH is 9. The smallest absolute Gasteiger partial charge is 0.394 e. The second-order valence-electron chi connectivity index (χ2n) is 28.8. The second-order valence-corrected chi connectivity index (χ2v) is 36.0. The molecule has 15 N–H and O–H groups in total. The van der Waals surface area contributed by atoms with E-state index in [0.717, 1.165) is 0 Å². The topological polar surface area (TPSA) is 626 Å². The Labute approximate surface area is 672 Å². The number of imidazole rings is 1. The highest BCUT2D eigenvalue weighted by Gasteiger charge is 2.48. The Kier molecular flexibility index (Phi) is 45.4. The van der Waals surface area contributed by atoms with Crippen molar-refractivity contribution in [1.29, 1.82) is 0 Å². The first kappa shape index (κ1) is 103. The summed E-state index contributed by atoms with van der Waals surface area (Å²) in [6, 6.07) is -1.12. The maximum Gasteiger partial charge on any atom is 0.472 e. The molecule has 0 aliphatic carbocycles. The number of fused-ring (bicyclic) bond motifs is 1. The molecular formula is C66H122N5O40P5. The predicted molar refractivity (Wildman–Crippen MR) is 398 cm³/mol. The van der Waals surface area contributed by atoms with Crippen LogP contribution in [-0.4, -0.2) is 326 Å². The number of aromatic nitrogens is 4. The first-order valence-electron chi connectivity index (χ1n) is 38.6. The zero-order chi connectivity index (χ0) is 85.3. The Morgan fingerprint density at radius 2 is 0.888 bits per heavy atom. The molecule has 0 radical (unpaired) electrons. The largest absolute Gasteiger partial charge is 0.472 e. The van der Waals surface area contributed by atoms with Gasteiger partial charge in [0.1, 0.15) is 79.0 Å². The van der Waals surface area contributed by atoms with Gasteiger partial charge in [0.2, 0.25) is 5.91 Å². The maximum atomic E-state index is 14.2. The molecule has 4 aliphatic heterocycles. The van der Waals surface area contributed by atoms with Crippen LogP contribution in [0.4, 0.5) is 0 Å². The van der Waals surface area contributed by atoms with Gasteiger partial charge in [0, 0.05) is 64.8 Å². The van der Waals surface area contributed by atoms with Gasteiger partial charge in [-0.1, -0.05) is 39.5 Å². The van der Waals surface area contributed by atoms with Gasteiger partial charge in [-0.25, -0.2) is 37.8 Å². The van der Waals surface area contributed by atoms with Crippen molar-refractivity contribution in [1.82, 2.24) is 24.8 Å². The van der Waals surface area contributed by atoms with Gasteiger partial charge >= 0.3 is 39.1 Å². The number of hydrogen-bond donors (Lipinski definition) is 15. The molecule has 2 aromatic heterocycles. The number of phosphoric acid groups is 5. The van der Waals surface area contributed by atoms with E-state index in [0.29, 0.717) is 74.6 Å². The number of ether oxygens (including phenoxy) is 10. The van der Waals surface area contributed by atoms with Crippen LogP contribution >= 0.6 is 39.1 Å². The van der Waals surface area contributed by atoms with Crippen LogP contribution < -0.4 is 5.32 Å². The highest BCUT2D eigenvalue weighted by molar-refractivity contribution is 7.48. The number of unbranched alkanes of at least 4 members (excludes halogenated alkanes) is 7. The molecule has 4 fully saturated rings. The molecule has 1 amide bonds. The minimum Gasteiger partial charge on any atom is -0.394 e. The van der Waals surface area contributed by atoms with Gasteiger partial charge < -0.3 is 123 Å². The molecule has 50 heteroatoms. The molecule has 4 aliphatic rings. The van der Waals surface area contributed by atoms with Crippen LogP contribution in [0.5, 0.6) is 0 Å². The molecule has 0 aromatic carbocycles. The Morgan fingerprint density at radius 1 is 0.491 bits per heavy atom. The molecule has 676 valence electrons. The lowest BCUT2D eigenvalue weighted by Gasteiger charge is -2.42. The Bertz CT molecular complexity index is 3380. The van der Waals surface area contributed by atoms with Gasteiger partial charge in [-0.05, 0) is 78.6 Å². The van der Waals surface area contributed by atoms with Gasteiger partial charge in [0.05, 0.1) is 128 Å². The summed E-state index contributed by atoms with van der Waals surface area (Å²) in [7, 11) is -24.0. The van der Waals surface area contributed by atoms with Crippen molar-refractivity contribution >= 4 is 56.2 Å². The highest BCUT2D eigenvalue weighted by atomic mass is 31.2. The quantitative estimate of drug-likeness (QED) is 0.0333. The lowest BCUT2D eigenvalue weighted by atomic mass is 9.92. The summed E-state index contributed by atoms with van der Waals surface area (Å²) in [6.07, 6.45) is -11.9. The van der Waals surface area contributed by atoms with E-state index in [9.17, 15) is 98.0 Å². The summed E-state index contributed by atoms with van der Waals surface area (Å²) < 4.78 is 179. The fraction of sp³-hybridized carbons (Fsp3) is 0.909. The Morgan fingerprint density at radius 3 is 1.33 bits per heavy atom. The molecule has 0 spiro atoms. The molecule has 2 aromatic rings. The van der Waals surface area contributed by atoms with Crippen molar-refractivity contribution in [3.05, 3.63) is 18.3 Å². The standard InChI is InChI=1S/C66H122N5O40P5/c1-43(2)110-116(90,91)111-48-32-53(71-42-69-54-46(5)67-41-68-62(54)71)106-52(48)36-104-115(88,89)105-40-66(39-94-22-19-31-103-114(86,87)100-28-16-15-25-96-64-45(4)57(77)59(79)50(34-73)108-64,37-92-20-17-29-101-112(82,83)98-26-13-9-7-11-23-95-63-44(3)56(76)58(78)49(33-72)107-63)38-93-21-18-30-102-113(84,85)99-27-14-10-8-12-24-97-65-55(70-47(6)75)61(81)60(80)51(35-74)109-65/h41-45,48-53,55-61,63-65,72-74,76-81H,7-40H2,1-6H3,(H,70,75)(H,82,83)(H,84,85)(H,86,87)(H,88,89)(H,90,91)/t44?,45?,48?,49?,50?,51?,52-,53-,55?,56-,57-,58+,59+,60+,61-,63-,64-,65-,66?/m1/s1. The van der Waals surface area contributed by atoms with E-state index in [-0.39, 0.29) is 98.2 Å². The summed E-state index contributed by atoms with van der Waals surface area (Å²) in [6.45, 7) is 2.45. The fourth-order valence-electron chi connectivity index (χ4n) is 12.3. The third kappa shape index (κ3) is 35.4. The minimum absolute atomic E-state index is 0.0466. The van der Waals surface area contributed by atoms with Gasteiger partial charge in [0.15, 0.2) is 24.5 Å². The number of hydrogen-bond acceptors (Lipinski definition) is 38. The lowest BCUT2D eigenvalue weighted by Crippen LogP contribution is -2.64. The van der Waals surface area contributed by atoms with Crippen molar-refractivity contribution in [2.45, 2.75) is 236 Å². The summed E-state index contributed by atoms with van der Waals surface area (Å²) in [4.78, 5) is 78.4. The molecular weight excluding hydrogens is 1660 g/mol. The lowest BCUT2D eigenvalue weighted by molar-refractivity contribution is -0.282. The molecule has 116 heavy (non-hydrogen) atoms. The summed E-state index contributed by atoms with van der Waals surface area (Å²) >= 11 is 0. The number of carbonyl (C=O) groups excluding carboxylic acids is 1. The monoisotopic (exact) mass is 1780 g/mol. The van der Waals surface area contributed by atoms with Gasteiger partial charge in [0.25, 0.3) is 0 Å². The fourth-order valence-corrected chi connectivity index (χ4v) is 16.7. The first-order valence-corrected chi connectivity index (χ1v) is 46.1. The number of nitrogens with one attached hydrogen (secondary N) is 1. The van der Waals surface area contributed by atoms with E-state index in [2.05, 4.69) is 20.3 Å². The number of phosphoric ester groups is 5. The second kappa shape index (κ2) is 51.3. The van der Waals surface area contributed by atoms with Crippen LogP contribution in [0.2, 0.25) is 0 Å². The summed E-state index contributed by atoms with van der Waals surface area (Å²) in [5.74, 6) is -1.72. The van der Waals surface area contributed by atoms with Gasteiger partial charge in [-0.15, -0.1) is 0 Å². The van der Waals surface area contributed by atoms with E-state index >= 15 is 0 Å². The number of amides is 1. The molecule has 6 heterocycles. The highest BCUT2D eigenvalue weighted by Crippen LogP contribution is 2.52. The summed E-state index contributed by atoms with van der Waals surface area (Å²) in [5.41, 5.74) is -0.362. The average Bonchev–Trinajstić information content (AvgIpc) is 1.62. The maximum absolute atomic E-state index is 14.2. The molecule has 13 unspecified atom stereocenters. The van der Waals surface area contributed by atoms with Crippen molar-refractivity contribution in [3.63, 3.8) is 0 Å². The average molecular weight is 1780 g/mol. The van der Waals surface area contributed by atoms with Crippen molar-refractivity contribution in [2.75, 3.05) is 132 Å². The van der Waals surface area contributed by atoms with Crippen LogP contribution in [0.3, 0.4) is 0 Å². The normalized spacial score (nSPS) is 29.9. The summed E-state index contributed by atoms with van der Waals surface area (Å²) in [5, 5.41) is 92.9. The zero-order valence-corrected chi connectivity index (χ0v) is 70.5. The van der Waals surface area contributed by atoms with Crippen molar-refractivity contribution in [2.24, 2.45) is 17.3 Å². The first-order chi connectivity index (χ1) is 54.9. The molecule has 4 saturated heterocycles. The number of carbonyl (C=O) groups is 1. The Balaban J connectivity index is 1.07. The number of aryl methyl sites for hydroxylation is 1. The molecule has 0 saturated carbocycles. The van der Waals surface area contributed by atoms with E-state index in [1.807, 2.05) is 0 Å². The number of aliphatic hydroxyl groups is 9. The van der Waals surface area contributed by atoms with Gasteiger partial charge in [-0.3, -0.25) is 54.6 Å². The number of rotatable bonds is 61. The molecule has 24 atom stereocenters. The van der Waals surface area contributed by atoms with E-state index in [1.165, 1.54) is 38.0 Å². The molecule has 45 nitrogen and oxygen atoms in total. The minimum atomic E-state index is -5.27. The third-order valence-electron chi connectivity index (χ3n) is 18.7. The SMILES string of the molecule is CC(=O)NC1[C@H](OCCCCCCOP(=O)(O)OCCCOCC(COCCCOP(=O)(O)OCCCCCCO[C@@H]2OC(CO)[C@H](O)[C@H](O)C2C)(COCCCOP(=O)(O)OCCCCO[C@@H]2OC(CO)[C@H](O)[C@H](O)C2C)COP(=O)(O)OC[C@H]2O[C@@H](n3cnc4c(C)ncnc43)CC2OP(=O)(O)OC(C)C)OC(CO)[C@H](O)[C@@H]1O. The molecule has 0 bridgehead atoms. The number of nitrogens with zero attached hydrogens (tertiary/aromatic N) is 4. The van der Waals surface area contributed by atoms with Crippen LogP contribution in [0.1, 0.15) is 136 Å². The van der Waals surface area contributed by atoms with Crippen molar-refractivity contribution in [3.8, 4) is 0 Å². The van der Waals surface area contributed by atoms with Gasteiger partial charge in [-0.2, -0.15) is 0 Å². The van der Waals surface area contributed by atoms with Crippen molar-refractivity contribution < 1.29 is 191 Å². The molecule has 6 rings (SSSR count). The van der Waals surface area contributed by atoms with E-state index < -0.39 is 233 Å². The predicted octanol–water partition coefficient (Wildman–Crippen LogP) is 2.12. The Hall–Kier alpha value is -2.19. The van der Waals surface area contributed by atoms with Crippen LogP contribution in [0.25, 0.3) is 11.2 Å². The zero-order valence-electron chi connectivity index (χ0n) is 66.1. The van der Waals surface area contributed by atoms with Crippen LogP contribution in [0.15, 0.2) is 12.7 Å². The van der Waals surface area contributed by atoms with E-state index in [1.54, 1.807) is 20.8 Å².